The molecule has 0 saturated carbocycles. The average molecular weight is 160 g/mol. The van der Waals surface area contributed by atoms with Crippen LogP contribution in [0, 0.1) is 0 Å². The average Bonchev–Trinajstić information content (AvgIpc) is 2.78. The molecule has 2 aromatic rings. The molecular weight excluding hydrogens is 152 g/mol. The Morgan fingerprint density at radius 3 is 2.33 bits per heavy atom. The van der Waals surface area contributed by atoms with E-state index in [1.165, 1.54) is 0 Å². The number of hydrogen-bond donors (Lipinski definition) is 1. The van der Waals surface area contributed by atoms with Gasteiger partial charge in [0.25, 0.3) is 0 Å². The first kappa shape index (κ1) is 7.25. The van der Waals surface area contributed by atoms with Crippen molar-refractivity contribution in [2.45, 2.75) is 6.61 Å². The normalized spacial score (nSPS) is 10.8. The Kier molecular flexibility index (Phi) is 1.55. The van der Waals surface area contributed by atoms with Crippen molar-refractivity contribution >= 4 is 0 Å². The van der Waals surface area contributed by atoms with E-state index in [4.69, 9.17) is 5.11 Å². The molecule has 2 heteroatoms. The van der Waals surface area contributed by atoms with Gasteiger partial charge in [-0.1, -0.05) is 30.3 Å². The fourth-order valence-corrected chi connectivity index (χ4v) is 1.27. The molecule has 0 atom stereocenters. The summed E-state index contributed by atoms with van der Waals surface area (Å²) in [4.78, 5) is 11.0. The molecule has 0 aliphatic carbocycles. The Balaban J connectivity index is 2.40. The van der Waals surface area contributed by atoms with E-state index in [2.05, 4.69) is 0 Å². The van der Waals surface area contributed by atoms with E-state index in [0.717, 1.165) is 5.56 Å². The predicted octanol–water partition coefficient (Wildman–Crippen LogP) is 1.08. The van der Waals surface area contributed by atoms with Crippen molar-refractivity contribution < 1.29 is 5.11 Å². The van der Waals surface area contributed by atoms with Crippen LogP contribution in [0.5, 0.6) is 0 Å². The Morgan fingerprint density at radius 1 is 1.17 bits per heavy atom. The van der Waals surface area contributed by atoms with Crippen molar-refractivity contribution in [1.82, 2.24) is 0 Å². The molecule has 0 unspecified atom stereocenters. The predicted molar refractivity (Wildman–Crippen MR) is 46.4 cm³/mol. The second-order valence-corrected chi connectivity index (χ2v) is 2.71. The van der Waals surface area contributed by atoms with Crippen LogP contribution in [0.4, 0.5) is 0 Å². The van der Waals surface area contributed by atoms with Crippen molar-refractivity contribution in [2.75, 3.05) is 0 Å². The molecule has 60 valence electrons. The number of aliphatic hydroxyl groups excluding tert-OH is 1. The van der Waals surface area contributed by atoms with Gasteiger partial charge in [0.2, 0.25) is 0 Å². The summed E-state index contributed by atoms with van der Waals surface area (Å²) in [5.41, 5.74) is 2.16. The quantitative estimate of drug-likeness (QED) is 0.713. The van der Waals surface area contributed by atoms with Gasteiger partial charge in [-0.05, 0) is 5.56 Å². The van der Waals surface area contributed by atoms with E-state index in [1.54, 1.807) is 0 Å². The molecule has 0 bridgehead atoms. The van der Waals surface area contributed by atoms with E-state index in [1.807, 2.05) is 30.3 Å². The standard InChI is InChI=1S/C10H8O2/c11-6-8-9(10(8)12)7-4-2-1-3-5-7/h1-5,11H,6H2. The van der Waals surface area contributed by atoms with Crippen molar-refractivity contribution in [3.8, 4) is 11.1 Å². The first-order valence-corrected chi connectivity index (χ1v) is 3.78. The zero-order chi connectivity index (χ0) is 8.55. The fourth-order valence-electron chi connectivity index (χ4n) is 1.27. The van der Waals surface area contributed by atoms with Crippen LogP contribution in [0.25, 0.3) is 11.1 Å². The molecule has 0 heterocycles. The SMILES string of the molecule is O=c1c(CO)c1-c1ccccc1. The van der Waals surface area contributed by atoms with Gasteiger partial charge in [0, 0.05) is 11.1 Å². The highest BCUT2D eigenvalue weighted by molar-refractivity contribution is 5.75. The van der Waals surface area contributed by atoms with Gasteiger partial charge in [0.05, 0.1) is 6.61 Å². The molecule has 0 fully saturated rings. The molecule has 0 radical (unpaired) electrons. The molecule has 0 saturated heterocycles. The first-order valence-electron chi connectivity index (χ1n) is 3.78. The van der Waals surface area contributed by atoms with Crippen LogP contribution in [-0.4, -0.2) is 5.11 Å². The summed E-state index contributed by atoms with van der Waals surface area (Å²) in [6, 6.07) is 9.40. The summed E-state index contributed by atoms with van der Waals surface area (Å²) in [6.45, 7) is -0.136. The van der Waals surface area contributed by atoms with Crippen LogP contribution in [0.2, 0.25) is 0 Å². The second-order valence-electron chi connectivity index (χ2n) is 2.71. The van der Waals surface area contributed by atoms with Gasteiger partial charge in [-0.15, -0.1) is 0 Å². The lowest BCUT2D eigenvalue weighted by Crippen LogP contribution is -1.79. The number of aliphatic hydroxyl groups is 1. The minimum Gasteiger partial charge on any atom is -0.392 e. The van der Waals surface area contributed by atoms with Gasteiger partial charge < -0.3 is 5.11 Å². The molecule has 2 nitrogen and oxygen atoms in total. The van der Waals surface area contributed by atoms with Crippen molar-refractivity contribution in [3.63, 3.8) is 0 Å². The molecule has 0 spiro atoms. The van der Waals surface area contributed by atoms with Gasteiger partial charge in [-0.25, -0.2) is 0 Å². The van der Waals surface area contributed by atoms with E-state index < -0.39 is 0 Å². The molecule has 0 aliphatic heterocycles. The van der Waals surface area contributed by atoms with E-state index in [0.29, 0.717) is 11.1 Å². The maximum atomic E-state index is 11.0. The molecule has 0 aromatic heterocycles. The Labute approximate surface area is 69.8 Å². The van der Waals surface area contributed by atoms with Crippen LogP contribution < -0.4 is 5.43 Å². The lowest BCUT2D eigenvalue weighted by atomic mass is 10.2. The summed E-state index contributed by atoms with van der Waals surface area (Å²) in [5.74, 6) is 0. The monoisotopic (exact) mass is 160 g/mol. The Hall–Kier alpha value is -1.41. The Morgan fingerprint density at radius 2 is 1.83 bits per heavy atom. The highest BCUT2D eigenvalue weighted by Gasteiger charge is 2.21. The molecular formula is C10H8O2. The third kappa shape index (κ3) is 0.970. The van der Waals surface area contributed by atoms with Gasteiger partial charge >= 0.3 is 0 Å². The topological polar surface area (TPSA) is 37.3 Å². The zero-order valence-corrected chi connectivity index (χ0v) is 6.45. The van der Waals surface area contributed by atoms with Crippen molar-refractivity contribution in [3.05, 3.63) is 46.1 Å². The van der Waals surface area contributed by atoms with Crippen LogP contribution in [0.1, 0.15) is 5.56 Å². The highest BCUT2D eigenvalue weighted by Crippen LogP contribution is 2.24. The summed E-state index contributed by atoms with van der Waals surface area (Å²) in [7, 11) is 0. The van der Waals surface area contributed by atoms with Gasteiger partial charge in [-0.2, -0.15) is 0 Å². The van der Waals surface area contributed by atoms with Crippen LogP contribution in [0.15, 0.2) is 35.1 Å². The first-order chi connectivity index (χ1) is 5.84. The third-order valence-electron chi connectivity index (χ3n) is 1.96. The summed E-state index contributed by atoms with van der Waals surface area (Å²) in [6.07, 6.45) is 0. The lowest BCUT2D eigenvalue weighted by molar-refractivity contribution is 0.285. The lowest BCUT2D eigenvalue weighted by Gasteiger charge is -1.88. The maximum absolute atomic E-state index is 11.0. The van der Waals surface area contributed by atoms with Gasteiger partial charge in [0.1, 0.15) is 0 Å². The molecule has 2 rings (SSSR count). The van der Waals surface area contributed by atoms with Gasteiger partial charge in [0.15, 0.2) is 5.43 Å². The van der Waals surface area contributed by atoms with Gasteiger partial charge in [-0.3, -0.25) is 4.79 Å². The van der Waals surface area contributed by atoms with E-state index in [9.17, 15) is 4.79 Å². The van der Waals surface area contributed by atoms with E-state index >= 15 is 0 Å². The fraction of sp³-hybridized carbons (Fsp3) is 0.100. The smallest absolute Gasteiger partial charge is 0.193 e. The third-order valence-corrected chi connectivity index (χ3v) is 1.96. The van der Waals surface area contributed by atoms with Crippen LogP contribution >= 0.6 is 0 Å². The maximum Gasteiger partial charge on any atom is 0.193 e. The molecule has 12 heavy (non-hydrogen) atoms. The molecule has 0 amide bonds. The Bertz CT molecular complexity index is 394. The number of rotatable bonds is 2. The minimum atomic E-state index is -0.136. The molecule has 1 N–H and O–H groups in total. The highest BCUT2D eigenvalue weighted by atomic mass is 16.3. The second kappa shape index (κ2) is 2.57. The number of benzene rings is 1. The van der Waals surface area contributed by atoms with Crippen LogP contribution in [0.3, 0.4) is 0 Å². The van der Waals surface area contributed by atoms with E-state index in [-0.39, 0.29) is 12.0 Å². The van der Waals surface area contributed by atoms with Crippen molar-refractivity contribution in [1.29, 1.82) is 0 Å². The molecule has 2 aromatic carbocycles. The largest absolute Gasteiger partial charge is 0.392 e. The zero-order valence-electron chi connectivity index (χ0n) is 6.45. The van der Waals surface area contributed by atoms with Crippen LogP contribution in [-0.2, 0) is 6.61 Å². The van der Waals surface area contributed by atoms with Crippen molar-refractivity contribution in [2.24, 2.45) is 0 Å². The molecule has 0 aliphatic rings. The number of hydrogen-bond acceptors (Lipinski definition) is 2. The summed E-state index contributed by atoms with van der Waals surface area (Å²) in [5, 5.41) is 8.73. The minimum absolute atomic E-state index is 0.00343. The summed E-state index contributed by atoms with van der Waals surface area (Å²) >= 11 is 0. The summed E-state index contributed by atoms with van der Waals surface area (Å²) < 4.78 is 0.